The van der Waals surface area contributed by atoms with Crippen LogP contribution in [0.2, 0.25) is 5.02 Å². The number of piperazine rings is 1. The Morgan fingerprint density at radius 2 is 1.61 bits per heavy atom. The van der Waals surface area contributed by atoms with Crippen LogP contribution in [-0.4, -0.2) is 66.3 Å². The van der Waals surface area contributed by atoms with E-state index in [-0.39, 0.29) is 35.5 Å². The highest BCUT2D eigenvalue weighted by molar-refractivity contribution is 6.33. The normalized spacial score (nSPS) is 19.3. The number of anilines is 2. The van der Waals surface area contributed by atoms with Crippen LogP contribution in [0.15, 0.2) is 48.7 Å². The molecular formula is C32H32ClF7N4O2. The highest BCUT2D eigenvalue weighted by Gasteiger charge is 2.42. The Balaban J connectivity index is 1.59. The minimum atomic E-state index is -5.09. The number of carbonyl (C=O) groups excluding carboxylic acids is 1. The van der Waals surface area contributed by atoms with Gasteiger partial charge in [0.05, 0.1) is 46.1 Å². The summed E-state index contributed by atoms with van der Waals surface area (Å²) in [6.45, 7) is 4.44. The van der Waals surface area contributed by atoms with E-state index >= 15 is 0 Å². The van der Waals surface area contributed by atoms with E-state index in [1.807, 2.05) is 4.90 Å². The van der Waals surface area contributed by atoms with Crippen LogP contribution in [0.25, 0.3) is 11.1 Å². The van der Waals surface area contributed by atoms with Crippen molar-refractivity contribution in [2.45, 2.75) is 56.5 Å². The van der Waals surface area contributed by atoms with Crippen molar-refractivity contribution in [2.75, 3.05) is 43.1 Å². The Morgan fingerprint density at radius 3 is 2.20 bits per heavy atom. The molecule has 0 spiro atoms. The van der Waals surface area contributed by atoms with Crippen LogP contribution in [0, 0.1) is 5.82 Å². The van der Waals surface area contributed by atoms with Gasteiger partial charge in [-0.15, -0.1) is 0 Å². The van der Waals surface area contributed by atoms with Crippen molar-refractivity contribution in [1.82, 2.24) is 9.88 Å². The molecule has 0 aliphatic carbocycles. The molecule has 5 rings (SSSR count). The molecule has 2 atom stereocenters. The van der Waals surface area contributed by atoms with Crippen molar-refractivity contribution in [2.24, 2.45) is 0 Å². The van der Waals surface area contributed by atoms with E-state index < -0.39 is 46.2 Å². The van der Waals surface area contributed by atoms with Gasteiger partial charge in [-0.2, -0.15) is 26.3 Å². The highest BCUT2D eigenvalue weighted by atomic mass is 35.5. The number of halogens is 8. The van der Waals surface area contributed by atoms with E-state index in [0.717, 1.165) is 30.4 Å². The molecule has 1 aromatic heterocycles. The molecule has 1 amide bonds. The molecule has 0 saturated carbocycles. The second-order valence-corrected chi connectivity index (χ2v) is 12.7. The van der Waals surface area contributed by atoms with E-state index in [9.17, 15) is 40.6 Å². The van der Waals surface area contributed by atoms with Crippen molar-refractivity contribution in [1.29, 1.82) is 0 Å². The fourth-order valence-electron chi connectivity index (χ4n) is 6.28. The molecule has 46 heavy (non-hydrogen) atoms. The zero-order chi connectivity index (χ0) is 33.8. The third kappa shape index (κ3) is 6.54. The molecule has 14 heteroatoms. The lowest BCUT2D eigenvalue weighted by Crippen LogP contribution is -2.57. The Labute approximate surface area is 266 Å². The third-order valence-electron chi connectivity index (χ3n) is 8.90. The predicted molar refractivity (Wildman–Crippen MR) is 160 cm³/mol. The van der Waals surface area contributed by atoms with Crippen LogP contribution in [0.3, 0.4) is 0 Å². The fraction of sp³-hybridized carbons (Fsp3) is 0.438. The number of aliphatic hydroxyl groups is 1. The van der Waals surface area contributed by atoms with Gasteiger partial charge in [0.25, 0.3) is 0 Å². The Kier molecular flexibility index (Phi) is 9.08. The minimum absolute atomic E-state index is 0.00512. The van der Waals surface area contributed by atoms with E-state index in [0.29, 0.717) is 42.2 Å². The molecule has 0 bridgehead atoms. The highest BCUT2D eigenvalue weighted by Crippen LogP contribution is 2.42. The Morgan fingerprint density at radius 1 is 0.978 bits per heavy atom. The van der Waals surface area contributed by atoms with Gasteiger partial charge in [-0.1, -0.05) is 11.6 Å². The molecule has 2 fully saturated rings. The smallest absolute Gasteiger partial charge is 0.394 e. The standard InChI is InChI=1S/C32H32ClF7N4O2/c1-30(2,18-9-19(31(35,36)37)11-20(10-18)32(38,39)40)29(46)42(3)27-14-41-28(13-25(27)24-7-6-21(34)12-26(24)33)44-16-22-5-4-8-43(22)15-23(44)17-45/h6-7,9-14,22-23,45H,4-5,8,15-17H2,1-3H3/t22-,23+/m0/s1. The number of hydrogen-bond donors (Lipinski definition) is 1. The molecular weight excluding hydrogens is 641 g/mol. The van der Waals surface area contributed by atoms with Crippen molar-refractivity contribution in [3.8, 4) is 11.1 Å². The number of amides is 1. The average Bonchev–Trinajstić information content (AvgIpc) is 3.46. The van der Waals surface area contributed by atoms with Gasteiger partial charge in [0.15, 0.2) is 0 Å². The molecule has 1 N–H and O–H groups in total. The summed E-state index contributed by atoms with van der Waals surface area (Å²) in [6.07, 6.45) is -6.83. The summed E-state index contributed by atoms with van der Waals surface area (Å²) in [5.41, 5.74) is -4.65. The Bertz CT molecular complexity index is 1600. The number of rotatable bonds is 6. The number of carbonyl (C=O) groups is 1. The molecule has 0 unspecified atom stereocenters. The van der Waals surface area contributed by atoms with Gasteiger partial charge in [-0.05, 0) is 81.3 Å². The van der Waals surface area contributed by atoms with E-state index in [1.165, 1.54) is 39.2 Å². The number of likely N-dealkylation sites (N-methyl/N-ethyl adjacent to an activating group) is 1. The first-order valence-electron chi connectivity index (χ1n) is 14.6. The molecule has 6 nitrogen and oxygen atoms in total. The van der Waals surface area contributed by atoms with Crippen LogP contribution in [0.1, 0.15) is 43.4 Å². The number of alkyl halides is 6. The van der Waals surface area contributed by atoms with Gasteiger partial charge in [0.1, 0.15) is 11.6 Å². The van der Waals surface area contributed by atoms with Gasteiger partial charge >= 0.3 is 12.4 Å². The number of pyridine rings is 1. The fourth-order valence-corrected chi connectivity index (χ4v) is 6.55. The van der Waals surface area contributed by atoms with Crippen molar-refractivity contribution < 1.29 is 40.6 Å². The number of benzene rings is 2. The first kappa shape index (κ1) is 33.9. The maximum atomic E-state index is 14.1. The zero-order valence-electron chi connectivity index (χ0n) is 25.2. The lowest BCUT2D eigenvalue weighted by atomic mass is 9.81. The lowest BCUT2D eigenvalue weighted by Gasteiger charge is -2.44. The van der Waals surface area contributed by atoms with Crippen LogP contribution >= 0.6 is 11.6 Å². The topological polar surface area (TPSA) is 59.9 Å². The molecule has 248 valence electrons. The van der Waals surface area contributed by atoms with Crippen LogP contribution < -0.4 is 9.80 Å². The van der Waals surface area contributed by atoms with Gasteiger partial charge in [0.2, 0.25) is 5.91 Å². The molecule has 2 saturated heterocycles. The van der Waals surface area contributed by atoms with Gasteiger partial charge in [0, 0.05) is 37.3 Å². The lowest BCUT2D eigenvalue weighted by molar-refractivity contribution is -0.143. The number of fused-ring (bicyclic) bond motifs is 1. The summed E-state index contributed by atoms with van der Waals surface area (Å²) >= 11 is 6.46. The monoisotopic (exact) mass is 672 g/mol. The average molecular weight is 673 g/mol. The maximum Gasteiger partial charge on any atom is 0.416 e. The summed E-state index contributed by atoms with van der Waals surface area (Å²) in [7, 11) is 1.33. The van der Waals surface area contributed by atoms with Gasteiger partial charge < -0.3 is 14.9 Å². The summed E-state index contributed by atoms with van der Waals surface area (Å²) in [5, 5.41) is 10.2. The van der Waals surface area contributed by atoms with Crippen LogP contribution in [0.4, 0.5) is 42.2 Å². The zero-order valence-corrected chi connectivity index (χ0v) is 25.9. The quantitative estimate of drug-likeness (QED) is 0.282. The van der Waals surface area contributed by atoms with Gasteiger partial charge in [-0.25, -0.2) is 9.37 Å². The SMILES string of the molecule is CN(C(=O)C(C)(C)c1cc(C(F)(F)F)cc(C(F)(F)F)c1)c1cnc(N2C[C@@H]3CCCN3C[C@@H]2CO)cc1-c1ccc(F)cc1Cl. The third-order valence-corrected chi connectivity index (χ3v) is 9.21. The number of aromatic nitrogens is 1. The summed E-state index contributed by atoms with van der Waals surface area (Å²) < 4.78 is 95.9. The van der Waals surface area contributed by atoms with Crippen LogP contribution in [-0.2, 0) is 22.6 Å². The van der Waals surface area contributed by atoms with Crippen LogP contribution in [0.5, 0.6) is 0 Å². The first-order valence-corrected chi connectivity index (χ1v) is 14.9. The van der Waals surface area contributed by atoms with Gasteiger partial charge in [-0.3, -0.25) is 9.69 Å². The second kappa shape index (κ2) is 12.3. The van der Waals surface area contributed by atoms with Crippen molar-refractivity contribution in [3.05, 3.63) is 76.2 Å². The summed E-state index contributed by atoms with van der Waals surface area (Å²) in [4.78, 5) is 24.0. The Hall–Kier alpha value is -3.42. The number of hydrogen-bond acceptors (Lipinski definition) is 5. The maximum absolute atomic E-state index is 14.1. The van der Waals surface area contributed by atoms with E-state index in [4.69, 9.17) is 11.6 Å². The number of nitrogens with zero attached hydrogens (tertiary/aromatic N) is 4. The number of aliphatic hydroxyl groups excluding tert-OH is 1. The predicted octanol–water partition coefficient (Wildman–Crippen LogP) is 7.16. The molecule has 2 aliphatic heterocycles. The molecule has 0 radical (unpaired) electrons. The molecule has 3 heterocycles. The second-order valence-electron chi connectivity index (χ2n) is 12.2. The van der Waals surface area contributed by atoms with Crippen molar-refractivity contribution in [3.63, 3.8) is 0 Å². The minimum Gasteiger partial charge on any atom is -0.394 e. The summed E-state index contributed by atoms with van der Waals surface area (Å²) in [6, 6.07) is 6.36. The van der Waals surface area contributed by atoms with E-state index in [2.05, 4.69) is 9.88 Å². The first-order chi connectivity index (χ1) is 21.4. The largest absolute Gasteiger partial charge is 0.416 e. The molecule has 2 aliphatic rings. The summed E-state index contributed by atoms with van der Waals surface area (Å²) in [5.74, 6) is -0.989. The molecule has 3 aromatic rings. The van der Waals surface area contributed by atoms with E-state index in [1.54, 1.807) is 6.07 Å². The van der Waals surface area contributed by atoms with Crippen molar-refractivity contribution >= 4 is 29.0 Å². The molecule has 2 aromatic carbocycles.